The fourth-order valence-electron chi connectivity index (χ4n) is 3.47. The summed E-state index contributed by atoms with van der Waals surface area (Å²) in [6.45, 7) is 4.63. The molecule has 0 aliphatic heterocycles. The predicted octanol–water partition coefficient (Wildman–Crippen LogP) is 4.22. The predicted molar refractivity (Wildman–Crippen MR) is 130 cm³/mol. The molecule has 6 heteroatoms. The van der Waals surface area contributed by atoms with Gasteiger partial charge < -0.3 is 20.1 Å². The van der Waals surface area contributed by atoms with Crippen LogP contribution in [0.15, 0.2) is 53.5 Å². The van der Waals surface area contributed by atoms with Gasteiger partial charge in [0.15, 0.2) is 17.5 Å². The van der Waals surface area contributed by atoms with Crippen LogP contribution in [0.4, 0.5) is 0 Å². The number of aliphatic imine (C=N–C) groups is 1. The summed E-state index contributed by atoms with van der Waals surface area (Å²) in [5.74, 6) is 3.73. The Morgan fingerprint density at radius 1 is 1.03 bits per heavy atom. The van der Waals surface area contributed by atoms with Gasteiger partial charge in [0.25, 0.3) is 0 Å². The Labute approximate surface area is 191 Å². The lowest BCUT2D eigenvalue weighted by atomic mass is 10.1. The van der Waals surface area contributed by atoms with Crippen molar-refractivity contribution >= 4 is 29.9 Å². The van der Waals surface area contributed by atoms with E-state index in [0.29, 0.717) is 11.8 Å². The molecule has 1 saturated carbocycles. The summed E-state index contributed by atoms with van der Waals surface area (Å²) >= 11 is 0. The summed E-state index contributed by atoms with van der Waals surface area (Å²) in [6, 6.07) is 16.8. The van der Waals surface area contributed by atoms with Gasteiger partial charge in [0, 0.05) is 19.6 Å². The normalized spacial score (nSPS) is 17.8. The molecule has 0 heterocycles. The maximum Gasteiger partial charge on any atom is 0.191 e. The van der Waals surface area contributed by atoms with Gasteiger partial charge in [-0.2, -0.15) is 0 Å². The first kappa shape index (κ1) is 23.3. The van der Waals surface area contributed by atoms with E-state index < -0.39 is 0 Å². The van der Waals surface area contributed by atoms with E-state index in [0.717, 1.165) is 43.5 Å². The molecule has 1 aliphatic carbocycles. The van der Waals surface area contributed by atoms with Gasteiger partial charge in [0.2, 0.25) is 0 Å². The van der Waals surface area contributed by atoms with Crippen LogP contribution in [0.2, 0.25) is 0 Å². The molecule has 2 N–H and O–H groups in total. The van der Waals surface area contributed by atoms with Crippen LogP contribution >= 0.6 is 24.0 Å². The average Bonchev–Trinajstić information content (AvgIpc) is 3.52. The quantitative estimate of drug-likeness (QED) is 0.302. The van der Waals surface area contributed by atoms with Gasteiger partial charge in [0.1, 0.15) is 0 Å². The highest BCUT2D eigenvalue weighted by Crippen LogP contribution is 2.47. The number of guanidine groups is 1. The van der Waals surface area contributed by atoms with Gasteiger partial charge in [-0.3, -0.25) is 4.99 Å². The Bertz CT molecular complexity index is 783. The summed E-state index contributed by atoms with van der Waals surface area (Å²) in [5.41, 5.74) is 2.64. The van der Waals surface area contributed by atoms with E-state index in [4.69, 9.17) is 14.5 Å². The van der Waals surface area contributed by atoms with Crippen molar-refractivity contribution in [2.75, 3.05) is 33.9 Å². The minimum Gasteiger partial charge on any atom is -0.493 e. The SMILES string of the molecule is CCNC(=NCC1CC1c1ccccc1)NCCc1ccc(OC)c(OC)c1.I. The number of hydrogen-bond acceptors (Lipinski definition) is 3. The third-order valence-corrected chi connectivity index (χ3v) is 5.13. The summed E-state index contributed by atoms with van der Waals surface area (Å²) < 4.78 is 10.7. The first-order valence-electron chi connectivity index (χ1n) is 10.0. The van der Waals surface area contributed by atoms with E-state index in [1.807, 2.05) is 12.1 Å². The number of nitrogens with one attached hydrogen (secondary N) is 2. The molecule has 1 fully saturated rings. The number of ether oxygens (including phenoxy) is 2. The lowest BCUT2D eigenvalue weighted by Crippen LogP contribution is -2.38. The van der Waals surface area contributed by atoms with Crippen LogP contribution in [0.1, 0.15) is 30.4 Å². The summed E-state index contributed by atoms with van der Waals surface area (Å²) in [4.78, 5) is 4.79. The van der Waals surface area contributed by atoms with Crippen LogP contribution in [0, 0.1) is 5.92 Å². The average molecular weight is 509 g/mol. The monoisotopic (exact) mass is 509 g/mol. The van der Waals surface area contributed by atoms with Crippen molar-refractivity contribution < 1.29 is 9.47 Å². The maximum atomic E-state index is 5.38. The second kappa shape index (κ2) is 11.9. The van der Waals surface area contributed by atoms with Gasteiger partial charge in [0.05, 0.1) is 14.2 Å². The number of benzene rings is 2. The Morgan fingerprint density at radius 2 is 1.79 bits per heavy atom. The number of hydrogen-bond donors (Lipinski definition) is 2. The van der Waals surface area contributed by atoms with E-state index in [1.54, 1.807) is 14.2 Å². The second-order valence-corrected chi connectivity index (χ2v) is 7.10. The maximum absolute atomic E-state index is 5.38. The number of rotatable bonds is 9. The molecule has 2 aromatic rings. The molecule has 2 aromatic carbocycles. The van der Waals surface area contributed by atoms with Crippen LogP contribution in [0.3, 0.4) is 0 Å². The van der Waals surface area contributed by atoms with E-state index in [9.17, 15) is 0 Å². The van der Waals surface area contributed by atoms with Gasteiger partial charge in [-0.05, 0) is 54.9 Å². The van der Waals surface area contributed by atoms with Crippen molar-refractivity contribution in [2.45, 2.75) is 25.7 Å². The van der Waals surface area contributed by atoms with Crippen molar-refractivity contribution in [3.05, 3.63) is 59.7 Å². The van der Waals surface area contributed by atoms with E-state index in [1.165, 1.54) is 17.5 Å². The molecule has 0 amide bonds. The Hall–Kier alpha value is -1.96. The molecule has 0 aromatic heterocycles. The van der Waals surface area contributed by atoms with Crippen LogP contribution in [-0.2, 0) is 6.42 Å². The highest BCUT2D eigenvalue weighted by atomic mass is 127. The molecular formula is C23H32IN3O2. The van der Waals surface area contributed by atoms with Crippen LogP contribution in [-0.4, -0.2) is 39.8 Å². The number of nitrogens with zero attached hydrogens (tertiary/aromatic N) is 1. The van der Waals surface area contributed by atoms with E-state index >= 15 is 0 Å². The zero-order valence-electron chi connectivity index (χ0n) is 17.5. The fourth-order valence-corrected chi connectivity index (χ4v) is 3.47. The molecule has 2 atom stereocenters. The highest BCUT2D eigenvalue weighted by molar-refractivity contribution is 14.0. The largest absolute Gasteiger partial charge is 0.493 e. The fraction of sp³-hybridized carbons (Fsp3) is 0.435. The zero-order valence-corrected chi connectivity index (χ0v) is 19.8. The van der Waals surface area contributed by atoms with Crippen molar-refractivity contribution in [2.24, 2.45) is 10.9 Å². The van der Waals surface area contributed by atoms with Gasteiger partial charge in [-0.25, -0.2) is 0 Å². The Balaban J connectivity index is 0.00000300. The molecule has 5 nitrogen and oxygen atoms in total. The minimum atomic E-state index is 0. The lowest BCUT2D eigenvalue weighted by molar-refractivity contribution is 0.354. The molecule has 0 bridgehead atoms. The first-order valence-corrected chi connectivity index (χ1v) is 10.0. The molecule has 29 heavy (non-hydrogen) atoms. The third kappa shape index (κ3) is 6.80. The summed E-state index contributed by atoms with van der Waals surface area (Å²) in [5, 5.41) is 6.78. The van der Waals surface area contributed by atoms with Crippen molar-refractivity contribution in [1.29, 1.82) is 0 Å². The molecule has 1 aliphatic rings. The summed E-state index contributed by atoms with van der Waals surface area (Å²) in [6.07, 6.45) is 2.12. The second-order valence-electron chi connectivity index (χ2n) is 7.10. The minimum absolute atomic E-state index is 0. The topological polar surface area (TPSA) is 54.9 Å². The highest BCUT2D eigenvalue weighted by Gasteiger charge is 2.37. The van der Waals surface area contributed by atoms with Crippen molar-refractivity contribution in [1.82, 2.24) is 10.6 Å². The standard InChI is InChI=1S/C23H31N3O2.HI/c1-4-24-23(26-16-19-15-20(19)18-8-6-5-7-9-18)25-13-12-17-10-11-21(27-2)22(14-17)28-3;/h5-11,14,19-20H,4,12-13,15-16H2,1-3H3,(H2,24,25,26);1H. The summed E-state index contributed by atoms with van der Waals surface area (Å²) in [7, 11) is 3.32. The smallest absolute Gasteiger partial charge is 0.191 e. The van der Waals surface area contributed by atoms with E-state index in [-0.39, 0.29) is 24.0 Å². The number of methoxy groups -OCH3 is 2. The molecular weight excluding hydrogens is 477 g/mol. The zero-order chi connectivity index (χ0) is 19.8. The van der Waals surface area contributed by atoms with Crippen LogP contribution in [0.5, 0.6) is 11.5 Å². The first-order chi connectivity index (χ1) is 13.7. The van der Waals surface area contributed by atoms with Gasteiger partial charge in [-0.1, -0.05) is 36.4 Å². The van der Waals surface area contributed by atoms with Gasteiger partial charge >= 0.3 is 0 Å². The Kier molecular flexibility index (Phi) is 9.57. The molecule has 0 saturated heterocycles. The van der Waals surface area contributed by atoms with Gasteiger partial charge in [-0.15, -0.1) is 24.0 Å². The molecule has 0 spiro atoms. The molecule has 158 valence electrons. The lowest BCUT2D eigenvalue weighted by Gasteiger charge is -2.12. The molecule has 2 unspecified atom stereocenters. The van der Waals surface area contributed by atoms with Crippen molar-refractivity contribution in [3.63, 3.8) is 0 Å². The molecule has 3 rings (SSSR count). The molecule has 0 radical (unpaired) electrons. The Morgan fingerprint density at radius 3 is 2.48 bits per heavy atom. The third-order valence-electron chi connectivity index (χ3n) is 5.13. The van der Waals surface area contributed by atoms with Crippen LogP contribution in [0.25, 0.3) is 0 Å². The van der Waals surface area contributed by atoms with Crippen LogP contribution < -0.4 is 20.1 Å². The van der Waals surface area contributed by atoms with E-state index in [2.05, 4.69) is 54.0 Å². The number of halogens is 1. The van der Waals surface area contributed by atoms with Crippen molar-refractivity contribution in [3.8, 4) is 11.5 Å².